The van der Waals surface area contributed by atoms with Crippen LogP contribution in [0.2, 0.25) is 0 Å². The SMILES string of the molecule is CC1(C)CCCC(N2CCNC(C3CC3)C2)C1. The van der Waals surface area contributed by atoms with Crippen molar-refractivity contribution in [1.29, 1.82) is 0 Å². The van der Waals surface area contributed by atoms with Gasteiger partial charge >= 0.3 is 0 Å². The summed E-state index contributed by atoms with van der Waals surface area (Å²) in [5.41, 5.74) is 0.586. The standard InChI is InChI=1S/C15H28N2/c1-15(2)7-3-4-13(10-15)17-9-8-16-14(11-17)12-5-6-12/h12-14,16H,3-11H2,1-2H3. The van der Waals surface area contributed by atoms with Crippen molar-refractivity contribution in [3.63, 3.8) is 0 Å². The lowest BCUT2D eigenvalue weighted by Crippen LogP contribution is -2.56. The molecule has 17 heavy (non-hydrogen) atoms. The van der Waals surface area contributed by atoms with Crippen molar-refractivity contribution in [2.45, 2.75) is 64.5 Å². The Morgan fingerprint density at radius 3 is 2.71 bits per heavy atom. The highest BCUT2D eigenvalue weighted by Gasteiger charge is 2.37. The van der Waals surface area contributed by atoms with E-state index in [-0.39, 0.29) is 0 Å². The van der Waals surface area contributed by atoms with E-state index in [2.05, 4.69) is 24.1 Å². The first-order chi connectivity index (χ1) is 8.14. The van der Waals surface area contributed by atoms with Crippen LogP contribution in [0.25, 0.3) is 0 Å². The van der Waals surface area contributed by atoms with Gasteiger partial charge in [-0.3, -0.25) is 4.90 Å². The van der Waals surface area contributed by atoms with Crippen molar-refractivity contribution in [3.8, 4) is 0 Å². The summed E-state index contributed by atoms with van der Waals surface area (Å²) in [5, 5.41) is 3.73. The minimum absolute atomic E-state index is 0.586. The average molecular weight is 236 g/mol. The van der Waals surface area contributed by atoms with Crippen molar-refractivity contribution < 1.29 is 0 Å². The molecule has 0 aromatic carbocycles. The Bertz CT molecular complexity index is 270. The van der Waals surface area contributed by atoms with Gasteiger partial charge < -0.3 is 5.32 Å². The van der Waals surface area contributed by atoms with Gasteiger partial charge in [0.1, 0.15) is 0 Å². The minimum atomic E-state index is 0.586. The molecule has 0 radical (unpaired) electrons. The molecular formula is C15H28N2. The smallest absolute Gasteiger partial charge is 0.0223 e. The van der Waals surface area contributed by atoms with Gasteiger partial charge in [0.25, 0.3) is 0 Å². The maximum absolute atomic E-state index is 3.73. The highest BCUT2D eigenvalue weighted by Crippen LogP contribution is 2.39. The van der Waals surface area contributed by atoms with Crippen LogP contribution in [0.15, 0.2) is 0 Å². The number of nitrogens with one attached hydrogen (secondary N) is 1. The van der Waals surface area contributed by atoms with Crippen LogP contribution in [-0.4, -0.2) is 36.6 Å². The molecule has 0 amide bonds. The van der Waals surface area contributed by atoms with Gasteiger partial charge in [0.05, 0.1) is 0 Å². The van der Waals surface area contributed by atoms with Crippen molar-refractivity contribution in [3.05, 3.63) is 0 Å². The van der Waals surface area contributed by atoms with Gasteiger partial charge in [-0.2, -0.15) is 0 Å². The van der Waals surface area contributed by atoms with Crippen LogP contribution in [0.1, 0.15) is 52.4 Å². The first-order valence-corrected chi connectivity index (χ1v) is 7.61. The Morgan fingerprint density at radius 1 is 1.18 bits per heavy atom. The number of hydrogen-bond acceptors (Lipinski definition) is 2. The van der Waals surface area contributed by atoms with Crippen LogP contribution in [0.5, 0.6) is 0 Å². The maximum Gasteiger partial charge on any atom is 0.0223 e. The molecule has 2 atom stereocenters. The third kappa shape index (κ3) is 2.85. The lowest BCUT2D eigenvalue weighted by Gasteiger charge is -2.44. The molecule has 2 nitrogen and oxygen atoms in total. The lowest BCUT2D eigenvalue weighted by atomic mass is 9.74. The van der Waals surface area contributed by atoms with E-state index < -0.39 is 0 Å². The van der Waals surface area contributed by atoms with E-state index in [1.807, 2.05) is 0 Å². The van der Waals surface area contributed by atoms with Crippen molar-refractivity contribution in [2.75, 3.05) is 19.6 Å². The van der Waals surface area contributed by atoms with E-state index >= 15 is 0 Å². The molecule has 1 N–H and O–H groups in total. The molecule has 0 aromatic heterocycles. The summed E-state index contributed by atoms with van der Waals surface area (Å²) in [7, 11) is 0. The van der Waals surface area contributed by atoms with Gasteiger partial charge in [0.2, 0.25) is 0 Å². The van der Waals surface area contributed by atoms with Gasteiger partial charge in [0.15, 0.2) is 0 Å². The van der Waals surface area contributed by atoms with E-state index in [4.69, 9.17) is 0 Å². The van der Waals surface area contributed by atoms with Gasteiger partial charge in [-0.1, -0.05) is 20.3 Å². The summed E-state index contributed by atoms with van der Waals surface area (Å²) in [5.74, 6) is 1.01. The third-order valence-corrected chi connectivity index (χ3v) is 5.12. The summed E-state index contributed by atoms with van der Waals surface area (Å²) < 4.78 is 0. The summed E-state index contributed by atoms with van der Waals surface area (Å²) >= 11 is 0. The van der Waals surface area contributed by atoms with Gasteiger partial charge in [-0.25, -0.2) is 0 Å². The monoisotopic (exact) mass is 236 g/mol. The Kier molecular flexibility index (Phi) is 3.20. The van der Waals surface area contributed by atoms with E-state index in [0.29, 0.717) is 5.41 Å². The van der Waals surface area contributed by atoms with Gasteiger partial charge in [-0.05, 0) is 43.4 Å². The van der Waals surface area contributed by atoms with Crippen LogP contribution in [0, 0.1) is 11.3 Å². The average Bonchev–Trinajstić information content (AvgIpc) is 3.12. The fraction of sp³-hybridized carbons (Fsp3) is 1.00. The quantitative estimate of drug-likeness (QED) is 0.793. The summed E-state index contributed by atoms with van der Waals surface area (Å²) in [6.07, 6.45) is 8.69. The van der Waals surface area contributed by atoms with Crippen LogP contribution in [0.4, 0.5) is 0 Å². The molecule has 3 aliphatic rings. The molecule has 1 saturated heterocycles. The zero-order valence-electron chi connectivity index (χ0n) is 11.5. The molecule has 2 unspecified atom stereocenters. The Morgan fingerprint density at radius 2 is 2.00 bits per heavy atom. The molecule has 0 aromatic rings. The van der Waals surface area contributed by atoms with Crippen LogP contribution >= 0.6 is 0 Å². The zero-order chi connectivity index (χ0) is 11.9. The third-order valence-electron chi connectivity index (χ3n) is 5.12. The normalized spacial score (nSPS) is 39.2. The predicted octanol–water partition coefficient (Wildman–Crippen LogP) is 2.64. The molecule has 0 spiro atoms. The molecule has 98 valence electrons. The molecule has 2 saturated carbocycles. The van der Waals surface area contributed by atoms with E-state index in [9.17, 15) is 0 Å². The van der Waals surface area contributed by atoms with Crippen LogP contribution in [-0.2, 0) is 0 Å². The molecule has 3 rings (SSSR count). The maximum atomic E-state index is 3.73. The van der Waals surface area contributed by atoms with Crippen LogP contribution < -0.4 is 5.32 Å². The number of hydrogen-bond donors (Lipinski definition) is 1. The van der Waals surface area contributed by atoms with E-state index in [0.717, 1.165) is 18.0 Å². The van der Waals surface area contributed by atoms with E-state index in [1.54, 1.807) is 0 Å². The second-order valence-corrected chi connectivity index (χ2v) is 7.31. The fourth-order valence-corrected chi connectivity index (χ4v) is 3.92. The molecule has 2 heteroatoms. The highest BCUT2D eigenvalue weighted by molar-refractivity contribution is 4.94. The number of piperazine rings is 1. The summed E-state index contributed by atoms with van der Waals surface area (Å²) in [4.78, 5) is 2.81. The number of nitrogens with zero attached hydrogens (tertiary/aromatic N) is 1. The molecule has 0 bridgehead atoms. The summed E-state index contributed by atoms with van der Waals surface area (Å²) in [6.45, 7) is 8.74. The van der Waals surface area contributed by atoms with Gasteiger partial charge in [-0.15, -0.1) is 0 Å². The largest absolute Gasteiger partial charge is 0.311 e. The minimum Gasteiger partial charge on any atom is -0.311 e. The predicted molar refractivity (Wildman–Crippen MR) is 72.1 cm³/mol. The molecular weight excluding hydrogens is 208 g/mol. The molecule has 1 heterocycles. The second kappa shape index (κ2) is 4.55. The lowest BCUT2D eigenvalue weighted by molar-refractivity contribution is 0.0673. The van der Waals surface area contributed by atoms with Crippen molar-refractivity contribution in [1.82, 2.24) is 10.2 Å². The van der Waals surface area contributed by atoms with Crippen LogP contribution in [0.3, 0.4) is 0 Å². The Labute approximate surface area is 106 Å². The molecule has 1 aliphatic heterocycles. The van der Waals surface area contributed by atoms with Crippen molar-refractivity contribution in [2.24, 2.45) is 11.3 Å². The molecule has 3 fully saturated rings. The molecule has 2 aliphatic carbocycles. The second-order valence-electron chi connectivity index (χ2n) is 7.31. The fourth-order valence-electron chi connectivity index (χ4n) is 3.92. The Balaban J connectivity index is 1.59. The zero-order valence-corrected chi connectivity index (χ0v) is 11.5. The van der Waals surface area contributed by atoms with Gasteiger partial charge in [0, 0.05) is 31.7 Å². The highest BCUT2D eigenvalue weighted by atomic mass is 15.2. The number of rotatable bonds is 2. The topological polar surface area (TPSA) is 15.3 Å². The van der Waals surface area contributed by atoms with Crippen molar-refractivity contribution >= 4 is 0 Å². The summed E-state index contributed by atoms with van der Waals surface area (Å²) in [6, 6.07) is 1.69. The first kappa shape index (κ1) is 12.0. The Hall–Kier alpha value is -0.0800. The first-order valence-electron chi connectivity index (χ1n) is 7.61. The van der Waals surface area contributed by atoms with E-state index in [1.165, 1.54) is 58.2 Å².